The molecule has 2 rings (SSSR count). The maximum absolute atomic E-state index is 5.96. The summed E-state index contributed by atoms with van der Waals surface area (Å²) in [6.07, 6.45) is 1.49. The largest absolute Gasteiger partial charge is 0.479 e. The van der Waals surface area contributed by atoms with Gasteiger partial charge in [0.25, 0.3) is 0 Å². The van der Waals surface area contributed by atoms with Gasteiger partial charge in [0.15, 0.2) is 11.2 Å². The Morgan fingerprint density at radius 3 is 2.61 bits per heavy atom. The molecule has 0 spiro atoms. The maximum Gasteiger partial charge on any atom is 0.245 e. The molecule has 0 unspecified atom stereocenters. The summed E-state index contributed by atoms with van der Waals surface area (Å²) in [5.74, 6) is 1.62. The molecule has 5 nitrogen and oxygen atoms in total. The second-order valence-electron chi connectivity index (χ2n) is 5.36. The molecule has 2 heterocycles. The van der Waals surface area contributed by atoms with Crippen molar-refractivity contribution in [1.29, 1.82) is 0 Å². The Labute approximate surface area is 111 Å². The number of imidazole rings is 1. The van der Waals surface area contributed by atoms with Crippen LogP contribution in [0.2, 0.25) is 0 Å². The summed E-state index contributed by atoms with van der Waals surface area (Å²) >= 11 is 5.96. The van der Waals surface area contributed by atoms with Crippen LogP contribution in [0.5, 0.6) is 5.88 Å². The Kier molecular flexibility index (Phi) is 3.43. The summed E-state index contributed by atoms with van der Waals surface area (Å²) in [5.41, 5.74) is 1.56. The molecule has 0 radical (unpaired) electrons. The molecule has 0 saturated carbocycles. The molecular formula is C12H17ClN4O. The van der Waals surface area contributed by atoms with Gasteiger partial charge in [-0.05, 0) is 5.41 Å². The van der Waals surface area contributed by atoms with Crippen molar-refractivity contribution >= 4 is 22.8 Å². The Bertz CT molecular complexity index is 559. The first-order chi connectivity index (χ1) is 8.46. The number of halogens is 1. The topological polar surface area (TPSA) is 52.8 Å². The number of alkyl halides is 1. The van der Waals surface area contributed by atoms with E-state index in [0.717, 1.165) is 18.0 Å². The highest BCUT2D eigenvalue weighted by Gasteiger charge is 2.20. The number of rotatable bonds is 3. The average Bonchev–Trinajstić information content (AvgIpc) is 2.65. The van der Waals surface area contributed by atoms with Crippen LogP contribution >= 0.6 is 11.6 Å². The Morgan fingerprint density at radius 1 is 1.33 bits per heavy atom. The van der Waals surface area contributed by atoms with E-state index in [1.165, 1.54) is 6.33 Å². The van der Waals surface area contributed by atoms with E-state index < -0.39 is 0 Å². The maximum atomic E-state index is 5.96. The fraction of sp³-hybridized carbons (Fsp3) is 0.583. The minimum Gasteiger partial charge on any atom is -0.479 e. The summed E-state index contributed by atoms with van der Waals surface area (Å²) in [6, 6.07) is 0. The number of aromatic nitrogens is 4. The Morgan fingerprint density at radius 2 is 2.06 bits per heavy atom. The van der Waals surface area contributed by atoms with Gasteiger partial charge in [-0.25, -0.2) is 9.97 Å². The van der Waals surface area contributed by atoms with Gasteiger partial charge in [0.1, 0.15) is 12.2 Å². The average molecular weight is 269 g/mol. The molecule has 2 aromatic rings. The molecule has 0 bridgehead atoms. The van der Waals surface area contributed by atoms with E-state index in [1.54, 1.807) is 7.11 Å². The van der Waals surface area contributed by atoms with Crippen molar-refractivity contribution in [2.24, 2.45) is 5.41 Å². The van der Waals surface area contributed by atoms with Crippen molar-refractivity contribution in [2.45, 2.75) is 33.2 Å². The smallest absolute Gasteiger partial charge is 0.245 e. The first-order valence-corrected chi connectivity index (χ1v) is 6.30. The lowest BCUT2D eigenvalue weighted by molar-refractivity contribution is 0.343. The van der Waals surface area contributed by atoms with E-state index in [9.17, 15) is 0 Å². The van der Waals surface area contributed by atoms with Gasteiger partial charge in [0, 0.05) is 6.54 Å². The zero-order valence-corrected chi connectivity index (χ0v) is 11.8. The lowest BCUT2D eigenvalue weighted by Gasteiger charge is -2.20. The molecular weight excluding hydrogens is 252 g/mol. The highest BCUT2D eigenvalue weighted by molar-refractivity contribution is 6.16. The van der Waals surface area contributed by atoms with Gasteiger partial charge in [-0.2, -0.15) is 4.98 Å². The predicted octanol–water partition coefficient (Wildman–Crippen LogP) is 2.62. The number of methoxy groups -OCH3 is 1. The second kappa shape index (κ2) is 4.72. The van der Waals surface area contributed by atoms with Crippen molar-refractivity contribution < 1.29 is 4.74 Å². The summed E-state index contributed by atoms with van der Waals surface area (Å²) in [7, 11) is 1.57. The van der Waals surface area contributed by atoms with E-state index in [1.807, 2.05) is 4.57 Å². The van der Waals surface area contributed by atoms with Crippen LogP contribution in [-0.4, -0.2) is 26.6 Å². The first-order valence-electron chi connectivity index (χ1n) is 5.76. The normalized spacial score (nSPS) is 12.1. The predicted molar refractivity (Wildman–Crippen MR) is 70.9 cm³/mol. The van der Waals surface area contributed by atoms with Gasteiger partial charge in [-0.1, -0.05) is 20.8 Å². The Balaban J connectivity index is 2.63. The standard InChI is InChI=1S/C12H17ClN4O/c1-12(2,3)6-17-8(5-13)16-9-10(17)14-7-15-11(9)18-4/h7H,5-6H2,1-4H3. The minimum absolute atomic E-state index is 0.118. The zero-order chi connectivity index (χ0) is 13.3. The fourth-order valence-electron chi connectivity index (χ4n) is 1.85. The lowest BCUT2D eigenvalue weighted by Crippen LogP contribution is -2.17. The monoisotopic (exact) mass is 268 g/mol. The molecule has 18 heavy (non-hydrogen) atoms. The summed E-state index contributed by atoms with van der Waals surface area (Å²) in [6.45, 7) is 7.28. The van der Waals surface area contributed by atoms with Gasteiger partial charge < -0.3 is 9.30 Å². The van der Waals surface area contributed by atoms with Crippen LogP contribution in [0.1, 0.15) is 26.6 Å². The van der Waals surface area contributed by atoms with Crippen molar-refractivity contribution in [3.05, 3.63) is 12.2 Å². The van der Waals surface area contributed by atoms with E-state index in [4.69, 9.17) is 16.3 Å². The van der Waals surface area contributed by atoms with E-state index in [0.29, 0.717) is 17.3 Å². The molecule has 98 valence electrons. The summed E-state index contributed by atoms with van der Waals surface area (Å²) in [5, 5.41) is 0. The second-order valence-corrected chi connectivity index (χ2v) is 5.63. The molecule has 0 saturated heterocycles. The molecule has 0 amide bonds. The third kappa shape index (κ3) is 2.41. The third-order valence-corrected chi connectivity index (χ3v) is 2.76. The third-order valence-electron chi connectivity index (χ3n) is 2.52. The number of hydrogen-bond donors (Lipinski definition) is 0. The van der Waals surface area contributed by atoms with Crippen molar-refractivity contribution in [3.63, 3.8) is 0 Å². The van der Waals surface area contributed by atoms with Crippen molar-refractivity contribution in [2.75, 3.05) is 7.11 Å². The summed E-state index contributed by atoms with van der Waals surface area (Å²) in [4.78, 5) is 12.8. The quantitative estimate of drug-likeness (QED) is 0.803. The molecule has 0 aromatic carbocycles. The van der Waals surface area contributed by atoms with Crippen LogP contribution in [0.15, 0.2) is 6.33 Å². The molecule has 0 atom stereocenters. The molecule has 6 heteroatoms. The van der Waals surface area contributed by atoms with Crippen molar-refractivity contribution in [1.82, 2.24) is 19.5 Å². The fourth-order valence-corrected chi connectivity index (χ4v) is 2.06. The molecule has 0 N–H and O–H groups in total. The summed E-state index contributed by atoms with van der Waals surface area (Å²) < 4.78 is 7.23. The number of ether oxygens (including phenoxy) is 1. The van der Waals surface area contributed by atoms with Gasteiger partial charge in [-0.15, -0.1) is 11.6 Å². The van der Waals surface area contributed by atoms with Gasteiger partial charge in [0.05, 0.1) is 13.0 Å². The number of fused-ring (bicyclic) bond motifs is 1. The van der Waals surface area contributed by atoms with Crippen LogP contribution in [-0.2, 0) is 12.4 Å². The Hall–Kier alpha value is -1.36. The van der Waals surface area contributed by atoms with Gasteiger partial charge >= 0.3 is 0 Å². The van der Waals surface area contributed by atoms with Gasteiger partial charge in [0.2, 0.25) is 5.88 Å². The molecule has 0 aliphatic rings. The van der Waals surface area contributed by atoms with Crippen LogP contribution in [0.3, 0.4) is 0 Å². The van der Waals surface area contributed by atoms with Crippen LogP contribution in [0.25, 0.3) is 11.2 Å². The SMILES string of the molecule is COc1ncnc2c1nc(CCl)n2CC(C)(C)C. The highest BCUT2D eigenvalue weighted by Crippen LogP contribution is 2.26. The minimum atomic E-state index is 0.118. The molecule has 0 aliphatic carbocycles. The van der Waals surface area contributed by atoms with E-state index in [2.05, 4.69) is 35.7 Å². The van der Waals surface area contributed by atoms with Crippen LogP contribution < -0.4 is 4.74 Å². The van der Waals surface area contributed by atoms with Crippen LogP contribution in [0.4, 0.5) is 0 Å². The van der Waals surface area contributed by atoms with E-state index in [-0.39, 0.29) is 5.41 Å². The highest BCUT2D eigenvalue weighted by atomic mass is 35.5. The number of nitrogens with zero attached hydrogens (tertiary/aromatic N) is 4. The first kappa shape index (κ1) is 13.1. The molecule has 2 aromatic heterocycles. The molecule has 0 fully saturated rings. The van der Waals surface area contributed by atoms with E-state index >= 15 is 0 Å². The number of hydrogen-bond acceptors (Lipinski definition) is 4. The molecule has 0 aliphatic heterocycles. The lowest BCUT2D eigenvalue weighted by atomic mass is 9.97. The van der Waals surface area contributed by atoms with Crippen LogP contribution in [0, 0.1) is 5.41 Å². The van der Waals surface area contributed by atoms with Gasteiger partial charge in [-0.3, -0.25) is 0 Å². The zero-order valence-electron chi connectivity index (χ0n) is 11.1. The van der Waals surface area contributed by atoms with Crippen molar-refractivity contribution in [3.8, 4) is 5.88 Å².